The van der Waals surface area contributed by atoms with Crippen LogP contribution < -0.4 is 9.80 Å². The molecule has 1 fully saturated rings. The standard InChI is InChI=1S/C14H18NO3/c1-9(2)13-6-15(16)14-4-3-10(5-12(13)14)17-7-11-8-18-11/h3-5,9,11,13H,6-8H2,1-2H3/q-1. The molecule has 0 amide bonds. The van der Waals surface area contributed by atoms with Crippen LogP contribution in [0.4, 0.5) is 5.69 Å². The molecule has 98 valence electrons. The molecule has 0 N–H and O–H groups in total. The molecule has 1 aromatic rings. The summed E-state index contributed by atoms with van der Waals surface area (Å²) in [5.41, 5.74) is 1.91. The highest BCUT2D eigenvalue weighted by Crippen LogP contribution is 2.41. The van der Waals surface area contributed by atoms with Crippen molar-refractivity contribution in [1.82, 2.24) is 0 Å². The molecule has 2 unspecified atom stereocenters. The van der Waals surface area contributed by atoms with Gasteiger partial charge in [-0.15, -0.1) is 0 Å². The van der Waals surface area contributed by atoms with Crippen molar-refractivity contribution in [3.63, 3.8) is 0 Å². The molecule has 2 heterocycles. The average molecular weight is 248 g/mol. The summed E-state index contributed by atoms with van der Waals surface area (Å²) in [6.45, 7) is 6.26. The Labute approximate surface area is 107 Å². The van der Waals surface area contributed by atoms with Gasteiger partial charge in [0.25, 0.3) is 0 Å². The molecule has 4 heteroatoms. The van der Waals surface area contributed by atoms with Gasteiger partial charge in [-0.1, -0.05) is 13.8 Å². The minimum absolute atomic E-state index is 0.259. The molecule has 0 aliphatic carbocycles. The molecule has 1 saturated heterocycles. The van der Waals surface area contributed by atoms with Crippen LogP contribution >= 0.6 is 0 Å². The van der Waals surface area contributed by atoms with Gasteiger partial charge in [-0.2, -0.15) is 0 Å². The van der Waals surface area contributed by atoms with Crippen molar-refractivity contribution in [2.24, 2.45) is 5.92 Å². The quantitative estimate of drug-likeness (QED) is 0.768. The number of fused-ring (bicyclic) bond motifs is 1. The Hall–Kier alpha value is -1.26. The van der Waals surface area contributed by atoms with Crippen LogP contribution in [0.2, 0.25) is 0 Å². The second-order valence-electron chi connectivity index (χ2n) is 5.40. The zero-order valence-electron chi connectivity index (χ0n) is 10.8. The van der Waals surface area contributed by atoms with Gasteiger partial charge in [0.1, 0.15) is 18.5 Å². The molecule has 2 aliphatic heterocycles. The van der Waals surface area contributed by atoms with Crippen molar-refractivity contribution in [2.45, 2.75) is 25.9 Å². The van der Waals surface area contributed by atoms with Crippen LogP contribution in [0.5, 0.6) is 5.75 Å². The van der Waals surface area contributed by atoms with Gasteiger partial charge in [-0.05, 0) is 29.7 Å². The predicted octanol–water partition coefficient (Wildman–Crippen LogP) is 2.52. The lowest BCUT2D eigenvalue weighted by Gasteiger charge is -2.26. The van der Waals surface area contributed by atoms with E-state index >= 15 is 0 Å². The zero-order valence-corrected chi connectivity index (χ0v) is 10.8. The van der Waals surface area contributed by atoms with E-state index in [1.54, 1.807) is 0 Å². The van der Waals surface area contributed by atoms with Crippen molar-refractivity contribution in [3.05, 3.63) is 29.0 Å². The summed E-state index contributed by atoms with van der Waals surface area (Å²) in [6, 6.07) is 5.75. The van der Waals surface area contributed by atoms with Gasteiger partial charge in [-0.3, -0.25) is 0 Å². The Kier molecular flexibility index (Phi) is 2.92. The fourth-order valence-corrected chi connectivity index (χ4v) is 2.45. The van der Waals surface area contributed by atoms with E-state index < -0.39 is 0 Å². The summed E-state index contributed by atoms with van der Waals surface area (Å²) in [4.78, 5) is 0. The first-order valence-corrected chi connectivity index (χ1v) is 6.48. The maximum atomic E-state index is 11.8. The smallest absolute Gasteiger partial charge is 0.119 e. The molecule has 0 bridgehead atoms. The van der Waals surface area contributed by atoms with Crippen molar-refractivity contribution in [1.29, 1.82) is 0 Å². The van der Waals surface area contributed by atoms with Crippen LogP contribution in [-0.4, -0.2) is 25.9 Å². The van der Waals surface area contributed by atoms with E-state index in [1.165, 1.54) is 0 Å². The lowest BCUT2D eigenvalue weighted by atomic mass is 9.90. The molecule has 4 nitrogen and oxygen atoms in total. The maximum Gasteiger partial charge on any atom is 0.119 e. The van der Waals surface area contributed by atoms with E-state index in [2.05, 4.69) is 13.8 Å². The van der Waals surface area contributed by atoms with E-state index in [0.29, 0.717) is 25.0 Å². The zero-order chi connectivity index (χ0) is 12.7. The van der Waals surface area contributed by atoms with Gasteiger partial charge in [0.15, 0.2) is 0 Å². The van der Waals surface area contributed by atoms with Crippen LogP contribution in [0.25, 0.3) is 0 Å². The number of epoxide rings is 1. The fraction of sp³-hybridized carbons (Fsp3) is 0.571. The Bertz CT molecular complexity index is 443. The van der Waals surface area contributed by atoms with E-state index in [1.807, 2.05) is 18.2 Å². The first kappa shape index (κ1) is 11.8. The van der Waals surface area contributed by atoms with Gasteiger partial charge < -0.3 is 19.7 Å². The molecule has 0 spiro atoms. The molecular formula is C14H18NO3-. The van der Waals surface area contributed by atoms with Crippen molar-refractivity contribution < 1.29 is 9.47 Å². The molecule has 18 heavy (non-hydrogen) atoms. The van der Waals surface area contributed by atoms with E-state index in [-0.39, 0.29) is 6.10 Å². The Morgan fingerprint density at radius 2 is 2.28 bits per heavy atom. The molecule has 3 rings (SSSR count). The van der Waals surface area contributed by atoms with E-state index in [9.17, 15) is 5.21 Å². The summed E-state index contributed by atoms with van der Waals surface area (Å²) in [6.07, 6.45) is 0.259. The number of ether oxygens (including phenoxy) is 2. The predicted molar refractivity (Wildman–Crippen MR) is 70.0 cm³/mol. The molecule has 1 aromatic carbocycles. The SMILES string of the molecule is CC(C)C1CN([O-])c2ccc(OCC3CO3)cc21. The van der Waals surface area contributed by atoms with Crippen LogP contribution in [0.3, 0.4) is 0 Å². The molecular weight excluding hydrogens is 230 g/mol. The summed E-state index contributed by atoms with van der Waals surface area (Å²) < 4.78 is 10.8. The van der Waals surface area contributed by atoms with Crippen LogP contribution in [0.15, 0.2) is 18.2 Å². The van der Waals surface area contributed by atoms with Gasteiger partial charge >= 0.3 is 0 Å². The largest absolute Gasteiger partial charge is 0.758 e. The lowest BCUT2D eigenvalue weighted by Crippen LogP contribution is -2.16. The molecule has 2 atom stereocenters. The summed E-state index contributed by atoms with van der Waals surface area (Å²) in [7, 11) is 0. The highest BCUT2D eigenvalue weighted by molar-refractivity contribution is 5.63. The second kappa shape index (κ2) is 4.44. The summed E-state index contributed by atoms with van der Waals surface area (Å²) in [5, 5.41) is 12.9. The third-order valence-electron chi connectivity index (χ3n) is 3.67. The third-order valence-corrected chi connectivity index (χ3v) is 3.67. The first-order valence-electron chi connectivity index (χ1n) is 6.48. The maximum absolute atomic E-state index is 11.8. The average Bonchev–Trinajstić information content (AvgIpc) is 3.11. The Morgan fingerprint density at radius 1 is 1.50 bits per heavy atom. The Balaban J connectivity index is 1.81. The lowest BCUT2D eigenvalue weighted by molar-refractivity contribution is 0.263. The third kappa shape index (κ3) is 2.18. The first-order chi connectivity index (χ1) is 8.65. The number of anilines is 1. The van der Waals surface area contributed by atoms with Gasteiger partial charge in [0.2, 0.25) is 0 Å². The topological polar surface area (TPSA) is 48.1 Å². The number of nitrogens with zero attached hydrogens (tertiary/aromatic N) is 1. The normalized spacial score (nSPS) is 25.4. The highest BCUT2D eigenvalue weighted by atomic mass is 16.6. The Morgan fingerprint density at radius 3 is 2.94 bits per heavy atom. The van der Waals surface area contributed by atoms with Gasteiger partial charge in [-0.25, -0.2) is 0 Å². The number of hydroxylamine groups is 1. The van der Waals surface area contributed by atoms with E-state index in [0.717, 1.165) is 28.7 Å². The minimum atomic E-state index is 0.259. The molecule has 2 aliphatic rings. The van der Waals surface area contributed by atoms with Crippen LogP contribution in [-0.2, 0) is 4.74 Å². The number of hydrogen-bond acceptors (Lipinski definition) is 4. The summed E-state index contributed by atoms with van der Waals surface area (Å²) >= 11 is 0. The van der Waals surface area contributed by atoms with Crippen LogP contribution in [0.1, 0.15) is 25.3 Å². The molecule has 0 aromatic heterocycles. The molecule has 0 radical (unpaired) electrons. The summed E-state index contributed by atoms with van der Waals surface area (Å²) in [5.74, 6) is 1.60. The number of hydrogen-bond donors (Lipinski definition) is 0. The monoisotopic (exact) mass is 248 g/mol. The highest BCUT2D eigenvalue weighted by Gasteiger charge is 2.27. The van der Waals surface area contributed by atoms with Crippen molar-refractivity contribution >= 4 is 5.69 Å². The fourth-order valence-electron chi connectivity index (χ4n) is 2.45. The van der Waals surface area contributed by atoms with Gasteiger partial charge in [0, 0.05) is 18.2 Å². The van der Waals surface area contributed by atoms with Crippen LogP contribution in [0, 0.1) is 11.1 Å². The minimum Gasteiger partial charge on any atom is -0.758 e. The molecule has 0 saturated carbocycles. The number of benzene rings is 1. The van der Waals surface area contributed by atoms with Crippen molar-refractivity contribution in [2.75, 3.05) is 24.8 Å². The second-order valence-corrected chi connectivity index (χ2v) is 5.40. The van der Waals surface area contributed by atoms with Gasteiger partial charge in [0.05, 0.1) is 6.61 Å². The number of rotatable bonds is 4. The van der Waals surface area contributed by atoms with E-state index in [4.69, 9.17) is 9.47 Å². The van der Waals surface area contributed by atoms with Crippen molar-refractivity contribution in [3.8, 4) is 5.75 Å².